The molecule has 0 aromatic rings. The van der Waals surface area contributed by atoms with Crippen LogP contribution < -0.4 is 0 Å². The summed E-state index contributed by atoms with van der Waals surface area (Å²) >= 11 is 0. The molecular formula is C8H18O6. The van der Waals surface area contributed by atoms with Gasteiger partial charge >= 0.3 is 11.9 Å². The van der Waals surface area contributed by atoms with Crippen LogP contribution in [0.1, 0.15) is 27.7 Å². The Bertz CT molecular complexity index is 128. The van der Waals surface area contributed by atoms with Gasteiger partial charge in [0.25, 0.3) is 0 Å². The summed E-state index contributed by atoms with van der Waals surface area (Å²) in [6.07, 6.45) is -0.333. The van der Waals surface area contributed by atoms with E-state index in [1.165, 1.54) is 0 Å². The van der Waals surface area contributed by atoms with Crippen LogP contribution in [-0.2, 0) is 9.59 Å². The molecule has 6 heteroatoms. The topological polar surface area (TPSA) is 115 Å². The molecule has 86 valence electrons. The van der Waals surface area contributed by atoms with Crippen LogP contribution in [0.4, 0.5) is 0 Å². The molecule has 0 saturated heterocycles. The molecule has 6 nitrogen and oxygen atoms in total. The Labute approximate surface area is 82.8 Å². The quantitative estimate of drug-likeness (QED) is 0.416. The summed E-state index contributed by atoms with van der Waals surface area (Å²) in [7, 11) is 0. The molecular weight excluding hydrogens is 192 g/mol. The van der Waals surface area contributed by atoms with Gasteiger partial charge in [0.15, 0.2) is 0 Å². The lowest BCUT2D eigenvalue weighted by Gasteiger charge is -1.80. The molecule has 0 radical (unpaired) electrons. The molecule has 0 heterocycles. The minimum atomic E-state index is -1.82. The van der Waals surface area contributed by atoms with E-state index in [9.17, 15) is 0 Å². The van der Waals surface area contributed by atoms with Crippen LogP contribution in [0.25, 0.3) is 0 Å². The molecule has 0 fully saturated rings. The van der Waals surface area contributed by atoms with E-state index in [0.717, 1.165) is 0 Å². The van der Waals surface area contributed by atoms with Crippen molar-refractivity contribution in [1.82, 2.24) is 0 Å². The second-order valence-corrected chi connectivity index (χ2v) is 2.80. The van der Waals surface area contributed by atoms with Crippen LogP contribution in [0.15, 0.2) is 0 Å². The van der Waals surface area contributed by atoms with Crippen LogP contribution in [0.3, 0.4) is 0 Å². The second-order valence-electron chi connectivity index (χ2n) is 2.80. The number of carboxylic acids is 2. The maximum atomic E-state index is 9.10. The van der Waals surface area contributed by atoms with Crippen molar-refractivity contribution in [3.8, 4) is 0 Å². The number of hydrogen-bond acceptors (Lipinski definition) is 4. The van der Waals surface area contributed by atoms with Gasteiger partial charge in [-0.1, -0.05) is 0 Å². The number of aliphatic hydroxyl groups is 2. The summed E-state index contributed by atoms with van der Waals surface area (Å²) in [5.74, 6) is -3.65. The normalized spacial score (nSPS) is 8.29. The van der Waals surface area contributed by atoms with Crippen molar-refractivity contribution < 1.29 is 30.0 Å². The number of aliphatic hydroxyl groups excluding tert-OH is 2. The minimum Gasteiger partial charge on any atom is -0.473 e. The maximum absolute atomic E-state index is 9.10. The zero-order valence-electron chi connectivity index (χ0n) is 8.76. The van der Waals surface area contributed by atoms with Crippen molar-refractivity contribution in [2.45, 2.75) is 39.9 Å². The van der Waals surface area contributed by atoms with E-state index in [1.807, 2.05) is 0 Å². The average molecular weight is 210 g/mol. The number of rotatable bonds is 0. The highest BCUT2D eigenvalue weighted by Gasteiger charge is 2.04. The summed E-state index contributed by atoms with van der Waals surface area (Å²) in [4.78, 5) is 18.2. The van der Waals surface area contributed by atoms with E-state index in [1.54, 1.807) is 27.7 Å². The van der Waals surface area contributed by atoms with Gasteiger partial charge in [-0.3, -0.25) is 0 Å². The standard InChI is InChI=1S/2C3H8O.C2H2O4/c2*1-3(2)4;3-1(4)2(5)6/h2*3-4H,1-2H3;(H,3,4)(H,5,6). The number of aliphatic carboxylic acids is 2. The molecule has 0 bridgehead atoms. The van der Waals surface area contributed by atoms with Crippen LogP contribution >= 0.6 is 0 Å². The van der Waals surface area contributed by atoms with Gasteiger partial charge in [0.2, 0.25) is 0 Å². The molecule has 0 spiro atoms. The highest BCUT2D eigenvalue weighted by molar-refractivity contribution is 6.27. The third-order valence-electron chi connectivity index (χ3n) is 0.183. The zero-order valence-corrected chi connectivity index (χ0v) is 8.76. The van der Waals surface area contributed by atoms with Crippen molar-refractivity contribution in [2.24, 2.45) is 0 Å². The van der Waals surface area contributed by atoms with Crippen LogP contribution in [0.2, 0.25) is 0 Å². The van der Waals surface area contributed by atoms with E-state index in [0.29, 0.717) is 0 Å². The summed E-state index contributed by atoms with van der Waals surface area (Å²) in [6, 6.07) is 0. The minimum absolute atomic E-state index is 0.167. The molecule has 0 aliphatic heterocycles. The van der Waals surface area contributed by atoms with Gasteiger partial charge in [-0.15, -0.1) is 0 Å². The van der Waals surface area contributed by atoms with Crippen LogP contribution in [0.5, 0.6) is 0 Å². The third-order valence-corrected chi connectivity index (χ3v) is 0.183. The van der Waals surface area contributed by atoms with Gasteiger partial charge in [0, 0.05) is 12.2 Å². The van der Waals surface area contributed by atoms with Gasteiger partial charge < -0.3 is 20.4 Å². The molecule has 0 atom stereocenters. The largest absolute Gasteiger partial charge is 0.473 e. The fraction of sp³-hybridized carbons (Fsp3) is 0.750. The van der Waals surface area contributed by atoms with Crippen molar-refractivity contribution in [2.75, 3.05) is 0 Å². The molecule has 0 aliphatic carbocycles. The predicted octanol–water partition coefficient (Wildman–Crippen LogP) is -0.0702. The Kier molecular flexibility index (Phi) is 15.8. The fourth-order valence-electron chi connectivity index (χ4n) is 0. The number of carbonyl (C=O) groups is 2. The maximum Gasteiger partial charge on any atom is 0.414 e. The average Bonchev–Trinajstić information content (AvgIpc) is 1.83. The first kappa shape index (κ1) is 18.6. The van der Waals surface area contributed by atoms with E-state index in [4.69, 9.17) is 30.0 Å². The van der Waals surface area contributed by atoms with Crippen molar-refractivity contribution in [3.63, 3.8) is 0 Å². The lowest BCUT2D eigenvalue weighted by molar-refractivity contribution is -0.159. The lowest BCUT2D eigenvalue weighted by Crippen LogP contribution is -2.09. The van der Waals surface area contributed by atoms with E-state index in [2.05, 4.69) is 0 Å². The predicted molar refractivity (Wildman–Crippen MR) is 50.0 cm³/mol. The molecule has 0 aromatic heterocycles. The van der Waals surface area contributed by atoms with Crippen LogP contribution in [0, 0.1) is 0 Å². The van der Waals surface area contributed by atoms with Crippen molar-refractivity contribution >= 4 is 11.9 Å². The Morgan fingerprint density at radius 2 is 0.857 bits per heavy atom. The summed E-state index contributed by atoms with van der Waals surface area (Å²) in [6.45, 7) is 6.89. The Hall–Kier alpha value is -1.14. The highest BCUT2D eigenvalue weighted by atomic mass is 16.4. The first-order valence-electron chi connectivity index (χ1n) is 3.93. The number of hydrogen-bond donors (Lipinski definition) is 4. The first-order valence-corrected chi connectivity index (χ1v) is 3.93. The summed E-state index contributed by atoms with van der Waals surface area (Å²) in [5.41, 5.74) is 0. The first-order chi connectivity index (χ1) is 6.11. The molecule has 4 N–H and O–H groups in total. The molecule has 0 amide bonds. The molecule has 0 aliphatic rings. The SMILES string of the molecule is CC(C)O.CC(C)O.O=C(O)C(=O)O. The van der Waals surface area contributed by atoms with E-state index >= 15 is 0 Å². The Morgan fingerprint density at radius 1 is 0.786 bits per heavy atom. The van der Waals surface area contributed by atoms with Gasteiger partial charge in [-0.2, -0.15) is 0 Å². The van der Waals surface area contributed by atoms with Gasteiger partial charge in [0.05, 0.1) is 0 Å². The third kappa shape index (κ3) is 129. The van der Waals surface area contributed by atoms with Gasteiger partial charge in [-0.05, 0) is 27.7 Å². The Balaban J connectivity index is -0.000000135. The molecule has 0 rings (SSSR count). The smallest absolute Gasteiger partial charge is 0.414 e. The van der Waals surface area contributed by atoms with E-state index < -0.39 is 11.9 Å². The zero-order chi connectivity index (χ0) is 12.3. The van der Waals surface area contributed by atoms with Crippen molar-refractivity contribution in [1.29, 1.82) is 0 Å². The number of carboxylic acid groups (broad SMARTS) is 2. The monoisotopic (exact) mass is 210 g/mol. The molecule has 0 saturated carbocycles. The van der Waals surface area contributed by atoms with Crippen molar-refractivity contribution in [3.05, 3.63) is 0 Å². The van der Waals surface area contributed by atoms with Gasteiger partial charge in [0.1, 0.15) is 0 Å². The highest BCUT2D eigenvalue weighted by Crippen LogP contribution is 1.65. The summed E-state index contributed by atoms with van der Waals surface area (Å²) < 4.78 is 0. The fourth-order valence-corrected chi connectivity index (χ4v) is 0. The van der Waals surface area contributed by atoms with Gasteiger partial charge in [-0.25, -0.2) is 9.59 Å². The molecule has 14 heavy (non-hydrogen) atoms. The van der Waals surface area contributed by atoms with Crippen LogP contribution in [-0.4, -0.2) is 44.6 Å². The Morgan fingerprint density at radius 3 is 0.857 bits per heavy atom. The lowest BCUT2D eigenvalue weighted by atomic mass is 10.5. The molecule has 0 unspecified atom stereocenters. The molecule has 0 aromatic carbocycles. The summed E-state index contributed by atoms with van der Waals surface area (Å²) in [5, 5.41) is 30.9. The second kappa shape index (κ2) is 11.9. The van der Waals surface area contributed by atoms with E-state index in [-0.39, 0.29) is 12.2 Å².